The highest BCUT2D eigenvalue weighted by Crippen LogP contribution is 2.32. The summed E-state index contributed by atoms with van der Waals surface area (Å²) in [6.07, 6.45) is -26.9. The lowest BCUT2D eigenvalue weighted by Gasteiger charge is -2.47. The quantitative estimate of drug-likeness (QED) is 0.141. The lowest BCUT2D eigenvalue weighted by Crippen LogP contribution is -2.65. The molecule has 0 spiro atoms. The Morgan fingerprint density at radius 1 is 0.462 bits per heavy atom. The highest BCUT2D eigenvalue weighted by Gasteiger charge is 2.52. The van der Waals surface area contributed by atoms with Crippen LogP contribution in [0.2, 0.25) is 0 Å². The molecule has 4 aliphatic heterocycles. The van der Waals surface area contributed by atoms with Gasteiger partial charge in [0, 0.05) is 0 Å². The third kappa shape index (κ3) is 6.40. The summed E-state index contributed by atoms with van der Waals surface area (Å²) in [4.78, 5) is 0. The summed E-state index contributed by atoms with van der Waals surface area (Å²) in [5.41, 5.74) is 0. The van der Waals surface area contributed by atoms with Crippen LogP contribution in [0.1, 0.15) is 13.8 Å². The SMILES string of the molecule is C[C@@H]1OC(O[C@H]2C(O)O[C@@H](C)[C@H](OC3OC[C@@H](O)[C@H](OC4OC[C@H](O)[C@H](O)[C@H]4O)[C@H]3O)[C@H]2O)[C@H](O)[C@H](O)[C@H]1O. The fraction of sp³-hybridized carbons (Fsp3) is 1.00. The Balaban J connectivity index is 1.42. The topological polar surface area (TPSA) is 267 Å². The van der Waals surface area contributed by atoms with Gasteiger partial charge in [0.15, 0.2) is 25.2 Å². The summed E-state index contributed by atoms with van der Waals surface area (Å²) in [7, 11) is 0. The van der Waals surface area contributed by atoms with Gasteiger partial charge in [0.05, 0.1) is 25.4 Å². The minimum atomic E-state index is -1.73. The number of hydrogen-bond acceptors (Lipinski definition) is 17. The van der Waals surface area contributed by atoms with Crippen molar-refractivity contribution < 1.29 is 84.2 Å². The molecule has 18 atom stereocenters. The van der Waals surface area contributed by atoms with Crippen molar-refractivity contribution in [3.8, 4) is 0 Å². The first-order valence-corrected chi connectivity index (χ1v) is 12.6. The molecule has 4 unspecified atom stereocenters. The molecular formula is C22H38O17. The highest BCUT2D eigenvalue weighted by atomic mass is 16.8. The largest absolute Gasteiger partial charge is 0.388 e. The minimum absolute atomic E-state index is 0.376. The van der Waals surface area contributed by atoms with Crippen molar-refractivity contribution in [3.63, 3.8) is 0 Å². The Hall–Kier alpha value is -0.680. The van der Waals surface area contributed by atoms with Crippen LogP contribution in [0, 0.1) is 0 Å². The number of aliphatic hydroxyl groups is 10. The predicted molar refractivity (Wildman–Crippen MR) is 119 cm³/mol. The minimum Gasteiger partial charge on any atom is -0.388 e. The molecule has 0 aromatic heterocycles. The second-order valence-corrected chi connectivity index (χ2v) is 10.2. The van der Waals surface area contributed by atoms with E-state index in [9.17, 15) is 51.1 Å². The highest BCUT2D eigenvalue weighted by molar-refractivity contribution is 4.94. The zero-order valence-electron chi connectivity index (χ0n) is 21.1. The summed E-state index contributed by atoms with van der Waals surface area (Å²) in [6.45, 7) is 2.07. The smallest absolute Gasteiger partial charge is 0.187 e. The molecule has 4 fully saturated rings. The van der Waals surface area contributed by atoms with E-state index in [1.54, 1.807) is 0 Å². The van der Waals surface area contributed by atoms with Gasteiger partial charge in [-0.15, -0.1) is 0 Å². The van der Waals surface area contributed by atoms with Gasteiger partial charge in [0.2, 0.25) is 0 Å². The average Bonchev–Trinajstić information content (AvgIpc) is 2.89. The van der Waals surface area contributed by atoms with Crippen molar-refractivity contribution in [2.24, 2.45) is 0 Å². The number of aliphatic hydroxyl groups excluding tert-OH is 10. The molecule has 0 saturated carbocycles. The van der Waals surface area contributed by atoms with Crippen LogP contribution in [0.5, 0.6) is 0 Å². The van der Waals surface area contributed by atoms with Crippen LogP contribution in [-0.2, 0) is 33.2 Å². The van der Waals surface area contributed by atoms with E-state index in [2.05, 4.69) is 0 Å². The molecule has 0 aromatic carbocycles. The fourth-order valence-electron chi connectivity index (χ4n) is 4.90. The van der Waals surface area contributed by atoms with Gasteiger partial charge >= 0.3 is 0 Å². The van der Waals surface area contributed by atoms with E-state index >= 15 is 0 Å². The maximum absolute atomic E-state index is 11.0. The first-order chi connectivity index (χ1) is 18.3. The van der Waals surface area contributed by atoms with E-state index in [1.165, 1.54) is 13.8 Å². The molecule has 0 radical (unpaired) electrons. The molecule has 0 aromatic rings. The van der Waals surface area contributed by atoms with Crippen LogP contribution in [0.15, 0.2) is 0 Å². The van der Waals surface area contributed by atoms with Crippen molar-refractivity contribution in [1.29, 1.82) is 0 Å². The molecule has 4 heterocycles. The van der Waals surface area contributed by atoms with Gasteiger partial charge in [-0.1, -0.05) is 0 Å². The molecule has 0 aliphatic carbocycles. The Morgan fingerprint density at radius 2 is 1.00 bits per heavy atom. The monoisotopic (exact) mass is 574 g/mol. The van der Waals surface area contributed by atoms with E-state index in [1.807, 2.05) is 0 Å². The Bertz CT molecular complexity index is 792. The summed E-state index contributed by atoms with van der Waals surface area (Å²) < 4.78 is 38.0. The maximum atomic E-state index is 11.0. The summed E-state index contributed by atoms with van der Waals surface area (Å²) in [5, 5.41) is 102. The number of ether oxygens (including phenoxy) is 7. The zero-order valence-corrected chi connectivity index (χ0v) is 21.1. The molecule has 10 N–H and O–H groups in total. The lowest BCUT2D eigenvalue weighted by atomic mass is 9.97. The van der Waals surface area contributed by atoms with Gasteiger partial charge in [-0.3, -0.25) is 0 Å². The summed E-state index contributed by atoms with van der Waals surface area (Å²) >= 11 is 0. The van der Waals surface area contributed by atoms with Gasteiger partial charge in [-0.2, -0.15) is 0 Å². The third-order valence-electron chi connectivity index (χ3n) is 7.33. The van der Waals surface area contributed by atoms with Gasteiger partial charge in [0.25, 0.3) is 0 Å². The zero-order chi connectivity index (χ0) is 28.8. The van der Waals surface area contributed by atoms with Gasteiger partial charge in [-0.25, -0.2) is 0 Å². The molecule has 4 rings (SSSR count). The molecule has 4 aliphatic rings. The van der Waals surface area contributed by atoms with Crippen molar-refractivity contribution in [3.05, 3.63) is 0 Å². The van der Waals surface area contributed by atoms with E-state index in [-0.39, 0.29) is 6.61 Å². The molecule has 228 valence electrons. The van der Waals surface area contributed by atoms with Crippen molar-refractivity contribution in [1.82, 2.24) is 0 Å². The number of rotatable bonds is 6. The molecule has 39 heavy (non-hydrogen) atoms. The van der Waals surface area contributed by atoms with Gasteiger partial charge in [-0.05, 0) is 13.8 Å². The summed E-state index contributed by atoms with van der Waals surface area (Å²) in [6, 6.07) is 0. The van der Waals surface area contributed by atoms with Gasteiger partial charge < -0.3 is 84.2 Å². The molecule has 0 bridgehead atoms. The van der Waals surface area contributed by atoms with E-state index in [0.29, 0.717) is 0 Å². The van der Waals surface area contributed by atoms with Crippen molar-refractivity contribution >= 4 is 0 Å². The lowest BCUT2D eigenvalue weighted by molar-refractivity contribution is -0.378. The van der Waals surface area contributed by atoms with E-state index < -0.39 is 117 Å². The molecule has 17 heteroatoms. The standard InChI is InChI=1S/C22H38O17/c1-5-9(25)11(27)13(29)22(36-5)39-18-14(30)16(6(2)35-19(18)32)37-21-15(31)17(8(24)4-34-21)38-20-12(28)10(26)7(23)3-33-20/h5-32H,3-4H2,1-2H3/t5-,6-,7-,8+,9-,10-,11+,12+,13+,14+,15+,16-,17-,18+,19?,20?,21?,22?/m0/s1. The van der Waals surface area contributed by atoms with Crippen LogP contribution >= 0.6 is 0 Å². The molecule has 17 nitrogen and oxygen atoms in total. The van der Waals surface area contributed by atoms with Gasteiger partial charge in [0.1, 0.15) is 73.2 Å². The van der Waals surface area contributed by atoms with Crippen LogP contribution < -0.4 is 0 Å². The van der Waals surface area contributed by atoms with Crippen LogP contribution in [0.3, 0.4) is 0 Å². The third-order valence-corrected chi connectivity index (χ3v) is 7.33. The van der Waals surface area contributed by atoms with E-state index in [4.69, 9.17) is 33.2 Å². The summed E-state index contributed by atoms with van der Waals surface area (Å²) in [5.74, 6) is 0. The van der Waals surface area contributed by atoms with Crippen LogP contribution in [0.25, 0.3) is 0 Å². The first-order valence-electron chi connectivity index (χ1n) is 12.6. The Morgan fingerprint density at radius 3 is 1.67 bits per heavy atom. The average molecular weight is 575 g/mol. The van der Waals surface area contributed by atoms with Crippen LogP contribution in [-0.4, -0.2) is 175 Å². The Labute approximate surface area is 222 Å². The van der Waals surface area contributed by atoms with E-state index in [0.717, 1.165) is 0 Å². The second-order valence-electron chi connectivity index (χ2n) is 10.2. The molecular weight excluding hydrogens is 536 g/mol. The second kappa shape index (κ2) is 12.7. The first kappa shape index (κ1) is 31.3. The Kier molecular flexibility index (Phi) is 10.2. The number of hydrogen-bond donors (Lipinski definition) is 10. The molecule has 4 saturated heterocycles. The van der Waals surface area contributed by atoms with Crippen molar-refractivity contribution in [2.45, 2.75) is 124 Å². The van der Waals surface area contributed by atoms with Crippen LogP contribution in [0.4, 0.5) is 0 Å². The maximum Gasteiger partial charge on any atom is 0.187 e. The normalized spacial score (nSPS) is 55.4. The fourth-order valence-corrected chi connectivity index (χ4v) is 4.90. The van der Waals surface area contributed by atoms with Crippen molar-refractivity contribution in [2.75, 3.05) is 13.2 Å². The predicted octanol–water partition coefficient (Wildman–Crippen LogP) is -6.42. The molecule has 0 amide bonds.